The number of nitrogens with one attached hydrogen (secondary N) is 1. The molecule has 2 aliphatic rings. The van der Waals surface area contributed by atoms with Gasteiger partial charge in [-0.15, -0.1) is 0 Å². The molecular formula is C17H32N2O2. The number of piperidine rings is 1. The second-order valence-corrected chi connectivity index (χ2v) is 7.53. The fourth-order valence-corrected chi connectivity index (χ4v) is 3.38. The highest BCUT2D eigenvalue weighted by Crippen LogP contribution is 2.32. The van der Waals surface area contributed by atoms with Crippen molar-refractivity contribution < 1.29 is 9.90 Å². The molecule has 0 bridgehead atoms. The fraction of sp³-hybridized carbons (Fsp3) is 0.941. The number of hydrogen-bond acceptors (Lipinski definition) is 3. The summed E-state index contributed by atoms with van der Waals surface area (Å²) in [5.74, 6) is 1.55. The third-order valence-corrected chi connectivity index (χ3v) is 4.75. The van der Waals surface area contributed by atoms with Crippen molar-refractivity contribution >= 4 is 5.97 Å². The van der Waals surface area contributed by atoms with Gasteiger partial charge in [0.1, 0.15) is 0 Å². The molecule has 2 unspecified atom stereocenters. The Balaban J connectivity index is 1.78. The molecule has 2 N–H and O–H groups in total. The molecule has 2 fully saturated rings. The lowest BCUT2D eigenvalue weighted by Gasteiger charge is -2.38. The highest BCUT2D eigenvalue weighted by molar-refractivity contribution is 5.66. The Kier molecular flexibility index (Phi) is 6.49. The maximum Gasteiger partial charge on any atom is 0.303 e. The summed E-state index contributed by atoms with van der Waals surface area (Å²) >= 11 is 0. The first kappa shape index (κ1) is 16.8. The molecule has 2 atom stereocenters. The molecule has 1 heterocycles. The number of carbonyl (C=O) groups is 1. The third-order valence-electron chi connectivity index (χ3n) is 4.75. The Morgan fingerprint density at radius 1 is 1.29 bits per heavy atom. The minimum absolute atomic E-state index is 0.320. The van der Waals surface area contributed by atoms with E-state index in [9.17, 15) is 4.79 Å². The van der Waals surface area contributed by atoms with Crippen LogP contribution in [0.15, 0.2) is 0 Å². The van der Waals surface area contributed by atoms with Crippen molar-refractivity contribution in [3.05, 3.63) is 0 Å². The highest BCUT2D eigenvalue weighted by Gasteiger charge is 2.31. The summed E-state index contributed by atoms with van der Waals surface area (Å²) in [5.41, 5.74) is 0. The van der Waals surface area contributed by atoms with E-state index in [1.165, 1.54) is 25.8 Å². The molecule has 1 saturated heterocycles. The van der Waals surface area contributed by atoms with Crippen molar-refractivity contribution in [2.24, 2.45) is 17.8 Å². The Labute approximate surface area is 129 Å². The van der Waals surface area contributed by atoms with E-state index in [1.807, 2.05) is 0 Å². The molecule has 122 valence electrons. The van der Waals surface area contributed by atoms with Crippen molar-refractivity contribution in [2.45, 2.75) is 58.4 Å². The third kappa shape index (κ3) is 6.79. The fourth-order valence-electron chi connectivity index (χ4n) is 3.38. The first-order valence-corrected chi connectivity index (χ1v) is 8.70. The predicted octanol–water partition coefficient (Wildman–Crippen LogP) is 2.59. The summed E-state index contributed by atoms with van der Waals surface area (Å²) in [5, 5.41) is 12.6. The molecule has 0 aromatic heterocycles. The first-order chi connectivity index (χ1) is 10.0. The molecule has 1 aliphatic carbocycles. The number of aliphatic carboxylic acids is 1. The molecule has 0 radical (unpaired) electrons. The number of carboxylic acids is 1. The molecule has 2 rings (SSSR count). The summed E-state index contributed by atoms with van der Waals surface area (Å²) in [6, 6.07) is 0.551. The number of hydrogen-bond donors (Lipinski definition) is 2. The minimum atomic E-state index is -0.654. The summed E-state index contributed by atoms with van der Waals surface area (Å²) in [6.45, 7) is 9.09. The number of carboxylic acid groups (broad SMARTS) is 1. The number of likely N-dealkylation sites (tertiary alicyclic amines) is 1. The number of nitrogens with zero attached hydrogens (tertiary/aromatic N) is 1. The predicted molar refractivity (Wildman–Crippen MR) is 85.4 cm³/mol. The topological polar surface area (TPSA) is 52.6 Å². The van der Waals surface area contributed by atoms with Crippen LogP contribution < -0.4 is 5.32 Å². The lowest BCUT2D eigenvalue weighted by molar-refractivity contribution is -0.137. The van der Waals surface area contributed by atoms with Gasteiger partial charge in [0.05, 0.1) is 0 Å². The minimum Gasteiger partial charge on any atom is -0.481 e. The van der Waals surface area contributed by atoms with Crippen molar-refractivity contribution in [1.82, 2.24) is 10.2 Å². The Hall–Kier alpha value is -0.610. The summed E-state index contributed by atoms with van der Waals surface area (Å²) in [7, 11) is 0. The van der Waals surface area contributed by atoms with Gasteiger partial charge in [-0.3, -0.25) is 4.79 Å². The second-order valence-electron chi connectivity index (χ2n) is 7.53. The average molecular weight is 296 g/mol. The maximum absolute atomic E-state index is 10.8. The van der Waals surface area contributed by atoms with Gasteiger partial charge in [-0.05, 0) is 56.4 Å². The second kappa shape index (κ2) is 8.14. The van der Waals surface area contributed by atoms with Crippen molar-refractivity contribution in [2.75, 3.05) is 26.2 Å². The van der Waals surface area contributed by atoms with Crippen LogP contribution in [0.2, 0.25) is 0 Å². The Bertz CT molecular complexity index is 329. The van der Waals surface area contributed by atoms with E-state index < -0.39 is 5.97 Å². The molecule has 0 spiro atoms. The quantitative estimate of drug-likeness (QED) is 0.687. The van der Waals surface area contributed by atoms with E-state index in [0.29, 0.717) is 18.4 Å². The van der Waals surface area contributed by atoms with Gasteiger partial charge < -0.3 is 15.3 Å². The van der Waals surface area contributed by atoms with Gasteiger partial charge in [-0.1, -0.05) is 13.8 Å². The van der Waals surface area contributed by atoms with Gasteiger partial charge in [0.2, 0.25) is 0 Å². The monoisotopic (exact) mass is 296 g/mol. The van der Waals surface area contributed by atoms with Crippen LogP contribution >= 0.6 is 0 Å². The van der Waals surface area contributed by atoms with Gasteiger partial charge in [-0.2, -0.15) is 0 Å². The van der Waals surface area contributed by atoms with E-state index >= 15 is 0 Å². The van der Waals surface area contributed by atoms with Crippen LogP contribution in [0, 0.1) is 17.8 Å². The van der Waals surface area contributed by atoms with Crippen molar-refractivity contribution in [1.29, 1.82) is 0 Å². The summed E-state index contributed by atoms with van der Waals surface area (Å²) < 4.78 is 0. The van der Waals surface area contributed by atoms with Gasteiger partial charge in [0.25, 0.3) is 0 Å². The van der Waals surface area contributed by atoms with Crippen LogP contribution in [0.4, 0.5) is 0 Å². The normalized spacial score (nSPS) is 27.2. The van der Waals surface area contributed by atoms with E-state index in [-0.39, 0.29) is 0 Å². The molecule has 0 aromatic rings. The standard InChI is InChI=1S/C17H32N2O2/c1-13(2)7-8-18-16-9-15(5-6-17(20)21)11-19(12-16)10-14-3-4-14/h13-16,18H,3-12H2,1-2H3,(H,20,21). The van der Waals surface area contributed by atoms with E-state index in [2.05, 4.69) is 24.1 Å². The lowest BCUT2D eigenvalue weighted by atomic mass is 9.90. The molecule has 0 amide bonds. The molecule has 4 heteroatoms. The molecule has 1 aliphatic heterocycles. The zero-order valence-corrected chi connectivity index (χ0v) is 13.7. The van der Waals surface area contributed by atoms with Gasteiger partial charge >= 0.3 is 5.97 Å². The largest absolute Gasteiger partial charge is 0.481 e. The van der Waals surface area contributed by atoms with Crippen LogP contribution in [-0.2, 0) is 4.79 Å². The molecule has 21 heavy (non-hydrogen) atoms. The first-order valence-electron chi connectivity index (χ1n) is 8.70. The number of rotatable bonds is 9. The van der Waals surface area contributed by atoms with Crippen LogP contribution in [0.5, 0.6) is 0 Å². The molecule has 0 aromatic carbocycles. The zero-order chi connectivity index (χ0) is 15.2. The van der Waals surface area contributed by atoms with E-state index in [1.54, 1.807) is 0 Å². The SMILES string of the molecule is CC(C)CCNC1CC(CCC(=O)O)CN(CC2CC2)C1. The van der Waals surface area contributed by atoms with Crippen molar-refractivity contribution in [3.8, 4) is 0 Å². The van der Waals surface area contributed by atoms with Crippen LogP contribution in [-0.4, -0.2) is 48.2 Å². The van der Waals surface area contributed by atoms with Crippen molar-refractivity contribution in [3.63, 3.8) is 0 Å². The highest BCUT2D eigenvalue weighted by atomic mass is 16.4. The smallest absolute Gasteiger partial charge is 0.303 e. The maximum atomic E-state index is 10.8. The summed E-state index contributed by atoms with van der Waals surface area (Å²) in [6.07, 6.45) is 6.30. The average Bonchev–Trinajstić information content (AvgIpc) is 3.19. The molecular weight excluding hydrogens is 264 g/mol. The zero-order valence-electron chi connectivity index (χ0n) is 13.7. The van der Waals surface area contributed by atoms with Crippen LogP contribution in [0.3, 0.4) is 0 Å². The van der Waals surface area contributed by atoms with Gasteiger partial charge in [-0.25, -0.2) is 0 Å². The van der Waals surface area contributed by atoms with Gasteiger partial charge in [0, 0.05) is 32.1 Å². The van der Waals surface area contributed by atoms with Crippen LogP contribution in [0.25, 0.3) is 0 Å². The lowest BCUT2D eigenvalue weighted by Crippen LogP contribution is -2.50. The van der Waals surface area contributed by atoms with Crippen LogP contribution in [0.1, 0.15) is 52.4 Å². The Morgan fingerprint density at radius 3 is 2.67 bits per heavy atom. The Morgan fingerprint density at radius 2 is 2.05 bits per heavy atom. The van der Waals surface area contributed by atoms with E-state index in [4.69, 9.17) is 5.11 Å². The van der Waals surface area contributed by atoms with Gasteiger partial charge in [0.15, 0.2) is 0 Å². The van der Waals surface area contributed by atoms with E-state index in [0.717, 1.165) is 44.3 Å². The molecule has 4 nitrogen and oxygen atoms in total. The molecule has 1 saturated carbocycles. The summed E-state index contributed by atoms with van der Waals surface area (Å²) in [4.78, 5) is 13.4.